The lowest BCUT2D eigenvalue weighted by atomic mass is 10.5. The van der Waals surface area contributed by atoms with Gasteiger partial charge in [0.05, 0.1) is 6.54 Å². The van der Waals surface area contributed by atoms with Crippen LogP contribution in [0.5, 0.6) is 0 Å². The molecule has 1 heterocycles. The van der Waals surface area contributed by atoms with E-state index in [4.69, 9.17) is 16.0 Å². The molecule has 0 aliphatic carbocycles. The summed E-state index contributed by atoms with van der Waals surface area (Å²) in [5.41, 5.74) is 0. The largest absolute Gasteiger partial charge is 0.406 e. The first-order chi connectivity index (χ1) is 7.54. The molecule has 0 fully saturated rings. The monoisotopic (exact) mass is 246 g/mol. The van der Waals surface area contributed by atoms with Crippen LogP contribution in [0.15, 0.2) is 4.42 Å². The number of halogens is 1. The summed E-state index contributed by atoms with van der Waals surface area (Å²) in [5.74, 6) is 0.293. The van der Waals surface area contributed by atoms with Gasteiger partial charge in [-0.25, -0.2) is 0 Å². The normalized spacial score (nSPS) is 12.2. The third-order valence-corrected chi connectivity index (χ3v) is 2.26. The van der Waals surface area contributed by atoms with Gasteiger partial charge in [0, 0.05) is 13.6 Å². The van der Waals surface area contributed by atoms with Gasteiger partial charge in [0.15, 0.2) is 0 Å². The summed E-state index contributed by atoms with van der Waals surface area (Å²) in [6.07, 6.45) is 0. The van der Waals surface area contributed by atoms with Crippen LogP contribution in [0.4, 0.5) is 6.01 Å². The molecule has 0 spiro atoms. The smallest absolute Gasteiger partial charge is 0.315 e. The maximum absolute atomic E-state index is 11.4. The Balaban J connectivity index is 2.45. The Morgan fingerprint density at radius 2 is 2.31 bits per heavy atom. The van der Waals surface area contributed by atoms with E-state index >= 15 is 0 Å². The van der Waals surface area contributed by atoms with E-state index < -0.39 is 0 Å². The number of carbonyl (C=O) groups excluding carboxylic acids is 1. The van der Waals surface area contributed by atoms with Crippen LogP contribution < -0.4 is 5.32 Å². The fraction of sp³-hybridized carbons (Fsp3) is 0.667. The summed E-state index contributed by atoms with van der Waals surface area (Å²) < 4.78 is 5.17. The van der Waals surface area contributed by atoms with Gasteiger partial charge in [-0.15, -0.1) is 16.7 Å². The minimum absolute atomic E-state index is 0.0406. The van der Waals surface area contributed by atoms with Crippen molar-refractivity contribution >= 4 is 23.5 Å². The van der Waals surface area contributed by atoms with Crippen LogP contribution in [0.1, 0.15) is 25.1 Å². The van der Waals surface area contributed by atoms with Gasteiger partial charge < -0.3 is 14.6 Å². The third kappa shape index (κ3) is 3.37. The lowest BCUT2D eigenvalue weighted by Gasteiger charge is -2.13. The highest BCUT2D eigenvalue weighted by molar-refractivity contribution is 6.20. The molecule has 1 unspecified atom stereocenters. The minimum Gasteiger partial charge on any atom is -0.406 e. The number of alkyl halides is 1. The molecule has 0 aliphatic rings. The molecule has 1 aromatic rings. The number of hydrogen-bond acceptors (Lipinski definition) is 5. The summed E-state index contributed by atoms with van der Waals surface area (Å²) in [6, 6.07) is 0.209. The minimum atomic E-state index is -0.336. The molecule has 1 atom stereocenters. The van der Waals surface area contributed by atoms with Crippen LogP contribution in [-0.4, -0.2) is 41.1 Å². The first-order valence-electron chi connectivity index (χ1n) is 5.00. The molecular weight excluding hydrogens is 232 g/mol. The zero-order valence-electron chi connectivity index (χ0n) is 9.53. The molecule has 16 heavy (non-hydrogen) atoms. The highest BCUT2D eigenvalue weighted by Gasteiger charge is 2.12. The summed E-state index contributed by atoms with van der Waals surface area (Å²) in [6.45, 7) is 4.42. The molecule has 0 bridgehead atoms. The number of amides is 1. The molecule has 1 N–H and O–H groups in total. The number of nitrogens with one attached hydrogen (secondary N) is 1. The Labute approximate surface area is 99.0 Å². The zero-order valence-corrected chi connectivity index (χ0v) is 10.3. The summed E-state index contributed by atoms with van der Waals surface area (Å²) >= 11 is 5.75. The molecule has 0 aromatic carbocycles. The molecule has 7 heteroatoms. The van der Waals surface area contributed by atoms with E-state index in [1.807, 2.05) is 6.92 Å². The fourth-order valence-corrected chi connectivity index (χ4v) is 1.02. The summed E-state index contributed by atoms with van der Waals surface area (Å²) in [7, 11) is 1.73. The van der Waals surface area contributed by atoms with Crippen molar-refractivity contribution in [2.45, 2.75) is 19.2 Å². The van der Waals surface area contributed by atoms with Gasteiger partial charge in [-0.05, 0) is 13.8 Å². The van der Waals surface area contributed by atoms with Crippen LogP contribution in [0, 0.1) is 0 Å². The molecule has 1 amide bonds. The van der Waals surface area contributed by atoms with Crippen molar-refractivity contribution in [3.8, 4) is 0 Å². The Kier molecular flexibility index (Phi) is 4.54. The van der Waals surface area contributed by atoms with Crippen molar-refractivity contribution in [2.24, 2.45) is 0 Å². The predicted molar refractivity (Wildman–Crippen MR) is 60.4 cm³/mol. The van der Waals surface area contributed by atoms with Crippen molar-refractivity contribution in [1.29, 1.82) is 0 Å². The van der Waals surface area contributed by atoms with Crippen molar-refractivity contribution in [3.63, 3.8) is 0 Å². The van der Waals surface area contributed by atoms with Gasteiger partial charge in [0.2, 0.25) is 11.8 Å². The predicted octanol–water partition coefficient (Wildman–Crippen LogP) is 1.26. The zero-order chi connectivity index (χ0) is 12.1. The molecule has 1 rings (SSSR count). The molecule has 0 saturated heterocycles. The Hall–Kier alpha value is -1.30. The van der Waals surface area contributed by atoms with Crippen LogP contribution in [0.2, 0.25) is 0 Å². The lowest BCUT2D eigenvalue weighted by molar-refractivity contribution is -0.127. The Morgan fingerprint density at radius 1 is 1.62 bits per heavy atom. The summed E-state index contributed by atoms with van der Waals surface area (Å²) in [4.78, 5) is 13.0. The van der Waals surface area contributed by atoms with E-state index in [0.29, 0.717) is 12.4 Å². The number of hydrogen-bond donors (Lipinski definition) is 1. The van der Waals surface area contributed by atoms with Crippen molar-refractivity contribution < 1.29 is 9.21 Å². The van der Waals surface area contributed by atoms with E-state index in [2.05, 4.69) is 15.5 Å². The van der Waals surface area contributed by atoms with Gasteiger partial charge >= 0.3 is 6.01 Å². The number of anilines is 1. The van der Waals surface area contributed by atoms with E-state index in [-0.39, 0.29) is 23.8 Å². The number of likely N-dealkylation sites (N-methyl/N-ethyl adjacent to an activating group) is 1. The highest BCUT2D eigenvalue weighted by Crippen LogP contribution is 2.18. The second-order valence-corrected chi connectivity index (χ2v) is 3.98. The van der Waals surface area contributed by atoms with Gasteiger partial charge in [0.25, 0.3) is 0 Å². The Morgan fingerprint density at radius 3 is 2.81 bits per heavy atom. The van der Waals surface area contributed by atoms with Crippen LogP contribution >= 0.6 is 11.6 Å². The summed E-state index contributed by atoms with van der Waals surface area (Å²) in [5, 5.41) is 9.84. The topological polar surface area (TPSA) is 71.3 Å². The average molecular weight is 247 g/mol. The molecule has 90 valence electrons. The van der Waals surface area contributed by atoms with Crippen LogP contribution in [0.25, 0.3) is 0 Å². The number of rotatable bonds is 5. The van der Waals surface area contributed by atoms with E-state index in [0.717, 1.165) is 0 Å². The average Bonchev–Trinajstić information content (AvgIpc) is 2.73. The van der Waals surface area contributed by atoms with E-state index in [1.54, 1.807) is 18.9 Å². The van der Waals surface area contributed by atoms with Gasteiger partial charge in [-0.1, -0.05) is 5.10 Å². The molecule has 0 radical (unpaired) electrons. The van der Waals surface area contributed by atoms with Gasteiger partial charge in [0.1, 0.15) is 5.38 Å². The van der Waals surface area contributed by atoms with Gasteiger partial charge in [-0.2, -0.15) is 0 Å². The lowest BCUT2D eigenvalue weighted by Crippen LogP contribution is -2.31. The maximum Gasteiger partial charge on any atom is 0.315 e. The standard InChI is InChI=1S/C9H15ClN4O2/c1-4-14(3)7(15)5-11-9-13-12-8(16-9)6(2)10/h6H,4-5H2,1-3H3,(H,11,13). The molecule has 0 saturated carbocycles. The third-order valence-electron chi connectivity index (χ3n) is 2.07. The Bertz CT molecular complexity index is 353. The second kappa shape index (κ2) is 5.69. The quantitative estimate of drug-likeness (QED) is 0.792. The van der Waals surface area contributed by atoms with Crippen LogP contribution in [0.3, 0.4) is 0 Å². The molecule has 1 aromatic heterocycles. The van der Waals surface area contributed by atoms with Crippen molar-refractivity contribution in [1.82, 2.24) is 15.1 Å². The SMILES string of the molecule is CCN(C)C(=O)CNc1nnc(C(C)Cl)o1. The molecular formula is C9H15ClN4O2. The number of nitrogens with zero attached hydrogens (tertiary/aromatic N) is 3. The first-order valence-corrected chi connectivity index (χ1v) is 5.43. The van der Waals surface area contributed by atoms with Gasteiger partial charge in [-0.3, -0.25) is 4.79 Å². The molecule has 0 aliphatic heterocycles. The highest BCUT2D eigenvalue weighted by atomic mass is 35.5. The maximum atomic E-state index is 11.4. The van der Waals surface area contributed by atoms with Crippen molar-refractivity contribution in [2.75, 3.05) is 25.5 Å². The fourth-order valence-electron chi connectivity index (χ4n) is 0.929. The van der Waals surface area contributed by atoms with Crippen LogP contribution in [-0.2, 0) is 4.79 Å². The second-order valence-electron chi connectivity index (χ2n) is 3.32. The first kappa shape index (κ1) is 12.8. The van der Waals surface area contributed by atoms with E-state index in [1.165, 1.54) is 0 Å². The van der Waals surface area contributed by atoms with E-state index in [9.17, 15) is 4.79 Å². The number of carbonyl (C=O) groups is 1. The number of aromatic nitrogens is 2. The molecule has 6 nitrogen and oxygen atoms in total. The van der Waals surface area contributed by atoms with Crippen molar-refractivity contribution in [3.05, 3.63) is 5.89 Å².